The van der Waals surface area contributed by atoms with Gasteiger partial charge in [0.25, 0.3) is 0 Å². The summed E-state index contributed by atoms with van der Waals surface area (Å²) in [6.07, 6.45) is 0.758. The van der Waals surface area contributed by atoms with E-state index in [4.69, 9.17) is 4.74 Å². The number of ether oxygens (including phenoxy) is 1. The largest absolute Gasteiger partial charge is 0.380 e. The van der Waals surface area contributed by atoms with E-state index in [9.17, 15) is 4.39 Å². The molecule has 0 spiro atoms. The van der Waals surface area contributed by atoms with Crippen molar-refractivity contribution in [3.63, 3.8) is 0 Å². The zero-order chi connectivity index (χ0) is 14.6. The van der Waals surface area contributed by atoms with Crippen molar-refractivity contribution in [1.82, 2.24) is 10.6 Å². The Balaban J connectivity index is 2.34. The molecule has 0 aliphatic rings. The van der Waals surface area contributed by atoms with E-state index in [2.05, 4.69) is 15.6 Å². The molecule has 0 unspecified atom stereocenters. The normalized spacial score (nSPS) is 11.4. The van der Waals surface area contributed by atoms with Gasteiger partial charge in [0.2, 0.25) is 0 Å². The molecule has 0 heterocycles. The van der Waals surface area contributed by atoms with Gasteiger partial charge in [-0.25, -0.2) is 4.39 Å². The summed E-state index contributed by atoms with van der Waals surface area (Å²) in [5, 5.41) is 6.39. The molecular weight excluding hydrogens is 257 g/mol. The molecule has 1 aromatic rings. The number of hydrogen-bond donors (Lipinski definition) is 2. The zero-order valence-electron chi connectivity index (χ0n) is 12.3. The summed E-state index contributed by atoms with van der Waals surface area (Å²) in [7, 11) is 0. The van der Waals surface area contributed by atoms with Crippen molar-refractivity contribution in [3.05, 3.63) is 35.6 Å². The molecule has 0 saturated carbocycles. The summed E-state index contributed by atoms with van der Waals surface area (Å²) >= 11 is 0. The molecule has 1 rings (SSSR count). The Bertz CT molecular complexity index is 410. The number of halogens is 1. The fourth-order valence-corrected chi connectivity index (χ4v) is 1.73. The maximum atomic E-state index is 13.0. The van der Waals surface area contributed by atoms with Gasteiger partial charge in [-0.3, -0.25) is 4.99 Å². The lowest BCUT2D eigenvalue weighted by Crippen LogP contribution is -2.38. The lowest BCUT2D eigenvalue weighted by Gasteiger charge is -2.11. The third-order valence-electron chi connectivity index (χ3n) is 2.65. The van der Waals surface area contributed by atoms with Crippen molar-refractivity contribution in [2.45, 2.75) is 20.3 Å². The summed E-state index contributed by atoms with van der Waals surface area (Å²) in [4.78, 5) is 4.40. The molecule has 0 bridgehead atoms. The molecule has 2 N–H and O–H groups in total. The van der Waals surface area contributed by atoms with E-state index >= 15 is 0 Å². The molecule has 0 fully saturated rings. The average Bonchev–Trinajstić information content (AvgIpc) is 2.43. The Morgan fingerprint density at radius 2 is 2.15 bits per heavy atom. The van der Waals surface area contributed by atoms with Crippen LogP contribution in [0.15, 0.2) is 29.3 Å². The summed E-state index contributed by atoms with van der Waals surface area (Å²) in [6.45, 7) is 7.46. The minimum atomic E-state index is -0.195. The topological polar surface area (TPSA) is 45.7 Å². The van der Waals surface area contributed by atoms with Gasteiger partial charge in [-0.2, -0.15) is 0 Å². The Labute approximate surface area is 120 Å². The summed E-state index contributed by atoms with van der Waals surface area (Å²) < 4.78 is 18.3. The molecule has 0 saturated heterocycles. The van der Waals surface area contributed by atoms with E-state index in [1.165, 1.54) is 6.07 Å². The standard InChI is InChI=1S/C15H24FN3O/c1-3-17-15(19-10-11-20-4-2)18-9-8-13-6-5-7-14(16)12-13/h5-7,12H,3-4,8-11H2,1-2H3,(H2,17,18,19). The average molecular weight is 281 g/mol. The highest BCUT2D eigenvalue weighted by Crippen LogP contribution is 2.03. The van der Waals surface area contributed by atoms with Crippen LogP contribution >= 0.6 is 0 Å². The van der Waals surface area contributed by atoms with Crippen molar-refractivity contribution < 1.29 is 9.13 Å². The van der Waals surface area contributed by atoms with Crippen LogP contribution in [0.1, 0.15) is 19.4 Å². The van der Waals surface area contributed by atoms with Crippen LogP contribution in [0.4, 0.5) is 4.39 Å². The highest BCUT2D eigenvalue weighted by molar-refractivity contribution is 5.79. The van der Waals surface area contributed by atoms with Gasteiger partial charge in [-0.1, -0.05) is 12.1 Å². The second-order valence-electron chi connectivity index (χ2n) is 4.26. The predicted octanol–water partition coefficient (Wildman–Crippen LogP) is 1.96. The molecule has 0 amide bonds. The Morgan fingerprint density at radius 3 is 2.85 bits per heavy atom. The van der Waals surface area contributed by atoms with E-state index in [-0.39, 0.29) is 5.82 Å². The maximum Gasteiger partial charge on any atom is 0.191 e. The molecule has 20 heavy (non-hydrogen) atoms. The van der Waals surface area contributed by atoms with Gasteiger partial charge in [-0.05, 0) is 38.0 Å². The summed E-state index contributed by atoms with van der Waals surface area (Å²) in [5.41, 5.74) is 0.975. The SMILES string of the molecule is CCNC(=NCCOCC)NCCc1cccc(F)c1. The molecule has 1 aromatic carbocycles. The first-order valence-corrected chi connectivity index (χ1v) is 7.10. The molecule has 0 aliphatic heterocycles. The van der Waals surface area contributed by atoms with E-state index in [1.807, 2.05) is 19.9 Å². The second kappa shape index (κ2) is 10.2. The highest BCUT2D eigenvalue weighted by Gasteiger charge is 1.98. The van der Waals surface area contributed by atoms with Gasteiger partial charge in [0, 0.05) is 19.7 Å². The number of hydrogen-bond acceptors (Lipinski definition) is 2. The third kappa shape index (κ3) is 7.09. The Morgan fingerprint density at radius 1 is 1.30 bits per heavy atom. The van der Waals surface area contributed by atoms with Crippen LogP contribution in [-0.4, -0.2) is 38.8 Å². The van der Waals surface area contributed by atoms with Gasteiger partial charge in [-0.15, -0.1) is 0 Å². The van der Waals surface area contributed by atoms with Crippen LogP contribution in [0.25, 0.3) is 0 Å². The molecule has 5 heteroatoms. The van der Waals surface area contributed by atoms with Crippen LogP contribution in [0.5, 0.6) is 0 Å². The third-order valence-corrected chi connectivity index (χ3v) is 2.65. The quantitative estimate of drug-likeness (QED) is 0.435. The van der Waals surface area contributed by atoms with Crippen molar-refractivity contribution in [2.24, 2.45) is 4.99 Å². The molecule has 0 aliphatic carbocycles. The van der Waals surface area contributed by atoms with Crippen LogP contribution in [0.2, 0.25) is 0 Å². The first-order chi connectivity index (χ1) is 9.76. The number of guanidine groups is 1. The van der Waals surface area contributed by atoms with Crippen molar-refractivity contribution in [2.75, 3.05) is 32.8 Å². The number of benzene rings is 1. The molecule has 0 aromatic heterocycles. The zero-order valence-corrected chi connectivity index (χ0v) is 12.3. The summed E-state index contributed by atoms with van der Waals surface area (Å²) in [5.74, 6) is 0.573. The monoisotopic (exact) mass is 281 g/mol. The van der Waals surface area contributed by atoms with Crippen LogP contribution < -0.4 is 10.6 Å². The Kier molecular flexibility index (Phi) is 8.38. The molecule has 4 nitrogen and oxygen atoms in total. The second-order valence-corrected chi connectivity index (χ2v) is 4.26. The number of nitrogens with zero attached hydrogens (tertiary/aromatic N) is 1. The van der Waals surface area contributed by atoms with E-state index < -0.39 is 0 Å². The predicted molar refractivity (Wildman–Crippen MR) is 80.6 cm³/mol. The first-order valence-electron chi connectivity index (χ1n) is 7.10. The molecule has 0 atom stereocenters. The van der Waals surface area contributed by atoms with Crippen molar-refractivity contribution in [1.29, 1.82) is 0 Å². The van der Waals surface area contributed by atoms with Crippen LogP contribution in [0, 0.1) is 5.82 Å². The molecular formula is C15H24FN3O. The van der Waals surface area contributed by atoms with Crippen LogP contribution in [0.3, 0.4) is 0 Å². The number of rotatable bonds is 8. The van der Waals surface area contributed by atoms with E-state index in [0.717, 1.165) is 24.5 Å². The smallest absolute Gasteiger partial charge is 0.191 e. The van der Waals surface area contributed by atoms with Gasteiger partial charge < -0.3 is 15.4 Å². The van der Waals surface area contributed by atoms with E-state index in [0.29, 0.717) is 26.3 Å². The van der Waals surface area contributed by atoms with Crippen LogP contribution in [-0.2, 0) is 11.2 Å². The minimum absolute atomic E-state index is 0.195. The fraction of sp³-hybridized carbons (Fsp3) is 0.533. The number of nitrogens with one attached hydrogen (secondary N) is 2. The molecule has 112 valence electrons. The number of aliphatic imine (C=N–C) groups is 1. The summed E-state index contributed by atoms with van der Waals surface area (Å²) in [6, 6.07) is 6.66. The van der Waals surface area contributed by atoms with Gasteiger partial charge >= 0.3 is 0 Å². The van der Waals surface area contributed by atoms with E-state index in [1.54, 1.807) is 12.1 Å². The maximum absolute atomic E-state index is 13.0. The van der Waals surface area contributed by atoms with Crippen molar-refractivity contribution in [3.8, 4) is 0 Å². The lowest BCUT2D eigenvalue weighted by atomic mass is 10.1. The Hall–Kier alpha value is -1.62. The van der Waals surface area contributed by atoms with Gasteiger partial charge in [0.15, 0.2) is 5.96 Å². The van der Waals surface area contributed by atoms with Crippen molar-refractivity contribution >= 4 is 5.96 Å². The molecule has 0 radical (unpaired) electrons. The fourth-order valence-electron chi connectivity index (χ4n) is 1.73. The minimum Gasteiger partial charge on any atom is -0.380 e. The van der Waals surface area contributed by atoms with Gasteiger partial charge in [0.1, 0.15) is 5.82 Å². The van der Waals surface area contributed by atoms with Gasteiger partial charge in [0.05, 0.1) is 13.2 Å². The lowest BCUT2D eigenvalue weighted by molar-refractivity contribution is 0.155. The first kappa shape index (κ1) is 16.4. The highest BCUT2D eigenvalue weighted by atomic mass is 19.1.